The molecule has 0 aliphatic heterocycles. The van der Waals surface area contributed by atoms with E-state index in [1.165, 1.54) is 42.6 Å². The minimum Gasteiger partial charge on any atom is -0.504 e. The van der Waals surface area contributed by atoms with Gasteiger partial charge in [0.2, 0.25) is 0 Å². The van der Waals surface area contributed by atoms with E-state index in [0.29, 0.717) is 12.2 Å². The molecule has 0 spiro atoms. The van der Waals surface area contributed by atoms with Gasteiger partial charge in [0, 0.05) is 10.0 Å². The molecule has 0 saturated carbocycles. The van der Waals surface area contributed by atoms with Crippen molar-refractivity contribution >= 4 is 51.0 Å². The van der Waals surface area contributed by atoms with Crippen LogP contribution in [0.5, 0.6) is 11.5 Å². The monoisotopic (exact) mass is 521 g/mol. The van der Waals surface area contributed by atoms with Crippen LogP contribution in [-0.2, 0) is 14.8 Å². The first kappa shape index (κ1) is 25.4. The molecule has 0 atom stereocenters. The second-order valence-electron chi connectivity index (χ2n) is 6.91. The van der Waals surface area contributed by atoms with E-state index in [1.54, 1.807) is 37.3 Å². The number of rotatable bonds is 9. The fourth-order valence-corrected chi connectivity index (χ4v) is 4.88. The molecule has 0 bridgehead atoms. The lowest BCUT2D eigenvalue weighted by Crippen LogP contribution is -2.39. The molecule has 2 N–H and O–H groups in total. The van der Waals surface area contributed by atoms with Gasteiger partial charge in [0.15, 0.2) is 11.5 Å². The summed E-state index contributed by atoms with van der Waals surface area (Å²) in [7, 11) is -4.12. The molecule has 0 aliphatic rings. The van der Waals surface area contributed by atoms with Crippen LogP contribution in [0.3, 0.4) is 0 Å². The lowest BCUT2D eigenvalue weighted by Gasteiger charge is -2.24. The molecule has 178 valence electrons. The van der Waals surface area contributed by atoms with Gasteiger partial charge in [-0.3, -0.25) is 9.10 Å². The van der Waals surface area contributed by atoms with Crippen molar-refractivity contribution in [1.82, 2.24) is 5.43 Å². The van der Waals surface area contributed by atoms with E-state index in [4.69, 9.17) is 27.9 Å². The Labute approximate surface area is 207 Å². The molecular weight excluding hydrogens is 501 g/mol. The Morgan fingerprint density at radius 3 is 2.41 bits per heavy atom. The number of phenolic OH excluding ortho intramolecular Hbond substituents is 1. The van der Waals surface area contributed by atoms with Crippen molar-refractivity contribution in [2.75, 3.05) is 17.5 Å². The smallest absolute Gasteiger partial charge is 0.264 e. The van der Waals surface area contributed by atoms with Gasteiger partial charge in [0.05, 0.1) is 23.4 Å². The number of anilines is 1. The summed E-state index contributed by atoms with van der Waals surface area (Å²) in [5.74, 6) is -0.448. The third-order valence-electron chi connectivity index (χ3n) is 4.44. The first-order valence-corrected chi connectivity index (χ1v) is 12.2. The lowest BCUT2D eigenvalue weighted by molar-refractivity contribution is -0.119. The summed E-state index contributed by atoms with van der Waals surface area (Å²) in [5.41, 5.74) is 2.98. The molecule has 0 aliphatic carbocycles. The van der Waals surface area contributed by atoms with Crippen LogP contribution < -0.4 is 14.5 Å². The lowest BCUT2D eigenvalue weighted by atomic mass is 10.2. The molecule has 0 heterocycles. The third-order valence-corrected chi connectivity index (χ3v) is 6.66. The average Bonchev–Trinajstić information content (AvgIpc) is 2.79. The van der Waals surface area contributed by atoms with Crippen molar-refractivity contribution in [2.45, 2.75) is 11.8 Å². The quantitative estimate of drug-likeness (QED) is 0.319. The standard InChI is InChI=1S/C23H21Cl2N3O5S/c1-2-33-22-10-16(8-9-21(22)29)14-26-27-23(30)15-28(19-12-17(24)11-18(25)13-19)34(31,32)20-6-4-3-5-7-20/h3-14,29H,2,15H2,1H3,(H,27,30)/b26-14-. The van der Waals surface area contributed by atoms with E-state index in [-0.39, 0.29) is 32.1 Å². The number of sulfonamides is 1. The Balaban J connectivity index is 1.83. The molecule has 0 fully saturated rings. The zero-order valence-corrected chi connectivity index (χ0v) is 20.3. The second-order valence-corrected chi connectivity index (χ2v) is 9.64. The maximum absolute atomic E-state index is 13.3. The summed E-state index contributed by atoms with van der Waals surface area (Å²) in [6, 6.07) is 16.5. The van der Waals surface area contributed by atoms with E-state index < -0.39 is 22.5 Å². The maximum atomic E-state index is 13.3. The van der Waals surface area contributed by atoms with Crippen LogP contribution in [-0.4, -0.2) is 38.8 Å². The van der Waals surface area contributed by atoms with E-state index in [9.17, 15) is 18.3 Å². The molecule has 11 heteroatoms. The summed E-state index contributed by atoms with van der Waals surface area (Å²) in [5, 5.41) is 14.1. The van der Waals surface area contributed by atoms with E-state index >= 15 is 0 Å². The highest BCUT2D eigenvalue weighted by atomic mass is 35.5. The molecule has 0 aromatic heterocycles. The molecule has 8 nitrogen and oxygen atoms in total. The second kappa shape index (κ2) is 11.2. The van der Waals surface area contributed by atoms with Crippen molar-refractivity contribution in [3.63, 3.8) is 0 Å². The van der Waals surface area contributed by atoms with E-state index in [1.807, 2.05) is 0 Å². The molecule has 3 aromatic carbocycles. The topological polar surface area (TPSA) is 108 Å². The van der Waals surface area contributed by atoms with Crippen LogP contribution in [0, 0.1) is 0 Å². The van der Waals surface area contributed by atoms with Crippen molar-refractivity contribution in [3.05, 3.63) is 82.3 Å². The summed E-state index contributed by atoms with van der Waals surface area (Å²) in [6.45, 7) is 1.57. The Kier molecular flexibility index (Phi) is 8.38. The number of aromatic hydroxyl groups is 1. The molecule has 1 amide bonds. The number of phenols is 1. The van der Waals surface area contributed by atoms with Gasteiger partial charge in [-0.15, -0.1) is 0 Å². The number of ether oxygens (including phenoxy) is 1. The molecular formula is C23H21Cl2N3O5S. The molecule has 3 aromatic rings. The number of benzene rings is 3. The maximum Gasteiger partial charge on any atom is 0.264 e. The van der Waals surface area contributed by atoms with Crippen LogP contribution in [0.2, 0.25) is 10.0 Å². The number of nitrogens with one attached hydrogen (secondary N) is 1. The molecule has 3 rings (SSSR count). The summed E-state index contributed by atoms with van der Waals surface area (Å²) < 4.78 is 32.8. The summed E-state index contributed by atoms with van der Waals surface area (Å²) >= 11 is 12.1. The van der Waals surface area contributed by atoms with Crippen LogP contribution >= 0.6 is 23.2 Å². The zero-order valence-electron chi connectivity index (χ0n) is 18.0. The van der Waals surface area contributed by atoms with Gasteiger partial charge in [-0.05, 0) is 61.0 Å². The number of hydrogen-bond donors (Lipinski definition) is 2. The van der Waals surface area contributed by atoms with Crippen LogP contribution in [0.4, 0.5) is 5.69 Å². The van der Waals surface area contributed by atoms with Crippen molar-refractivity contribution in [2.24, 2.45) is 5.10 Å². The predicted octanol–water partition coefficient (Wildman–Crippen LogP) is 4.44. The largest absolute Gasteiger partial charge is 0.504 e. The summed E-state index contributed by atoms with van der Waals surface area (Å²) in [6.07, 6.45) is 1.34. The Morgan fingerprint density at radius 1 is 1.09 bits per heavy atom. The Bertz CT molecular complexity index is 1280. The normalized spacial score (nSPS) is 11.4. The highest BCUT2D eigenvalue weighted by Gasteiger charge is 2.27. The van der Waals surface area contributed by atoms with Gasteiger partial charge >= 0.3 is 0 Å². The molecule has 0 saturated heterocycles. The Hall–Kier alpha value is -3.27. The molecule has 34 heavy (non-hydrogen) atoms. The number of amides is 1. The van der Waals surface area contributed by atoms with Gasteiger partial charge in [-0.1, -0.05) is 41.4 Å². The van der Waals surface area contributed by atoms with Crippen molar-refractivity contribution in [1.29, 1.82) is 0 Å². The highest BCUT2D eigenvalue weighted by molar-refractivity contribution is 7.92. The zero-order chi connectivity index (χ0) is 24.7. The van der Waals surface area contributed by atoms with Gasteiger partial charge in [-0.25, -0.2) is 13.8 Å². The predicted molar refractivity (Wildman–Crippen MR) is 132 cm³/mol. The van der Waals surface area contributed by atoms with Crippen LogP contribution in [0.25, 0.3) is 0 Å². The number of carbonyl (C=O) groups is 1. The number of hydrazone groups is 1. The first-order chi connectivity index (χ1) is 16.2. The van der Waals surface area contributed by atoms with Crippen LogP contribution in [0.1, 0.15) is 12.5 Å². The van der Waals surface area contributed by atoms with Crippen LogP contribution in [0.15, 0.2) is 76.7 Å². The molecule has 0 unspecified atom stereocenters. The van der Waals surface area contributed by atoms with E-state index in [0.717, 1.165) is 4.31 Å². The van der Waals surface area contributed by atoms with Gasteiger partial charge < -0.3 is 9.84 Å². The molecule has 0 radical (unpaired) electrons. The third kappa shape index (κ3) is 6.40. The number of carbonyl (C=O) groups excluding carboxylic acids is 1. The van der Waals surface area contributed by atoms with Crippen molar-refractivity contribution in [3.8, 4) is 11.5 Å². The first-order valence-electron chi connectivity index (χ1n) is 10.0. The Morgan fingerprint density at radius 2 is 1.76 bits per heavy atom. The number of hydrogen-bond acceptors (Lipinski definition) is 6. The van der Waals surface area contributed by atoms with Gasteiger partial charge in [-0.2, -0.15) is 5.10 Å². The van der Waals surface area contributed by atoms with Gasteiger partial charge in [0.1, 0.15) is 6.54 Å². The SMILES string of the molecule is CCOc1cc(/C=N\NC(=O)CN(c2cc(Cl)cc(Cl)c2)S(=O)(=O)c2ccccc2)ccc1O. The average molecular weight is 522 g/mol. The minimum atomic E-state index is -4.12. The van der Waals surface area contributed by atoms with Gasteiger partial charge in [0.25, 0.3) is 15.9 Å². The highest BCUT2D eigenvalue weighted by Crippen LogP contribution is 2.29. The number of halogens is 2. The summed E-state index contributed by atoms with van der Waals surface area (Å²) in [4.78, 5) is 12.6. The fraction of sp³-hybridized carbons (Fsp3) is 0.130. The van der Waals surface area contributed by atoms with Crippen molar-refractivity contribution < 1.29 is 23.1 Å². The fourth-order valence-electron chi connectivity index (χ4n) is 2.94. The number of nitrogens with zero attached hydrogens (tertiary/aromatic N) is 2. The minimum absolute atomic E-state index is 0.00468. The van der Waals surface area contributed by atoms with E-state index in [2.05, 4.69) is 10.5 Å².